The standard InChI is InChI=1S/C17H25FO2/c1-12-11-13(18)5-6-14(12)15(19)17(20-4)9-7-16(2,3)8-10-17/h5-6,11,15,19H,7-10H2,1-4H3. The molecule has 20 heavy (non-hydrogen) atoms. The molecule has 1 unspecified atom stereocenters. The van der Waals surface area contributed by atoms with Crippen LogP contribution in [0.4, 0.5) is 4.39 Å². The second kappa shape index (κ2) is 5.45. The van der Waals surface area contributed by atoms with Crippen LogP contribution >= 0.6 is 0 Å². The molecule has 1 aromatic carbocycles. The smallest absolute Gasteiger partial charge is 0.123 e. The zero-order valence-corrected chi connectivity index (χ0v) is 12.9. The van der Waals surface area contributed by atoms with Gasteiger partial charge in [-0.05, 0) is 61.3 Å². The first-order valence-corrected chi connectivity index (χ1v) is 7.29. The quantitative estimate of drug-likeness (QED) is 0.901. The van der Waals surface area contributed by atoms with E-state index in [2.05, 4.69) is 13.8 Å². The minimum Gasteiger partial charge on any atom is -0.385 e. The average molecular weight is 280 g/mol. The lowest BCUT2D eigenvalue weighted by molar-refractivity contribution is -0.138. The highest BCUT2D eigenvalue weighted by molar-refractivity contribution is 5.30. The highest BCUT2D eigenvalue weighted by atomic mass is 19.1. The van der Waals surface area contributed by atoms with Crippen LogP contribution in [0.3, 0.4) is 0 Å². The molecular formula is C17H25FO2. The van der Waals surface area contributed by atoms with Crippen molar-refractivity contribution in [3.05, 3.63) is 35.1 Å². The van der Waals surface area contributed by atoms with Crippen LogP contribution in [0.1, 0.15) is 56.8 Å². The minimum absolute atomic E-state index is 0.269. The van der Waals surface area contributed by atoms with Crippen LogP contribution in [0, 0.1) is 18.2 Å². The molecule has 0 saturated heterocycles. The number of halogens is 1. The van der Waals surface area contributed by atoms with E-state index in [0.717, 1.165) is 36.8 Å². The number of rotatable bonds is 3. The molecule has 1 aliphatic rings. The molecule has 0 heterocycles. The summed E-state index contributed by atoms with van der Waals surface area (Å²) in [5.74, 6) is -0.269. The molecule has 1 fully saturated rings. The Hall–Kier alpha value is -0.930. The van der Waals surface area contributed by atoms with Crippen LogP contribution in [-0.4, -0.2) is 17.8 Å². The van der Waals surface area contributed by atoms with Gasteiger partial charge < -0.3 is 9.84 Å². The molecule has 0 aliphatic heterocycles. The second-order valence-corrected chi connectivity index (χ2v) is 6.84. The summed E-state index contributed by atoms with van der Waals surface area (Å²) in [6.07, 6.45) is 3.00. The molecule has 3 heteroatoms. The van der Waals surface area contributed by atoms with Gasteiger partial charge in [-0.3, -0.25) is 0 Å². The molecular weight excluding hydrogens is 255 g/mol. The molecule has 2 nitrogen and oxygen atoms in total. The van der Waals surface area contributed by atoms with Crippen LogP contribution in [0.15, 0.2) is 18.2 Å². The first-order valence-electron chi connectivity index (χ1n) is 7.29. The van der Waals surface area contributed by atoms with Gasteiger partial charge in [0.2, 0.25) is 0 Å². The Kier molecular flexibility index (Phi) is 4.22. The van der Waals surface area contributed by atoms with Crippen molar-refractivity contribution in [2.24, 2.45) is 5.41 Å². The maximum Gasteiger partial charge on any atom is 0.123 e. The van der Waals surface area contributed by atoms with Crippen molar-refractivity contribution in [1.29, 1.82) is 0 Å². The molecule has 1 atom stereocenters. The summed E-state index contributed by atoms with van der Waals surface area (Å²) in [7, 11) is 1.67. The molecule has 112 valence electrons. The monoisotopic (exact) mass is 280 g/mol. The number of methoxy groups -OCH3 is 1. The van der Waals surface area contributed by atoms with Crippen LogP contribution in [0.25, 0.3) is 0 Å². The molecule has 1 aliphatic carbocycles. The average Bonchev–Trinajstić information content (AvgIpc) is 2.39. The molecule has 0 radical (unpaired) electrons. The number of hydrogen-bond donors (Lipinski definition) is 1. The third-order valence-electron chi connectivity index (χ3n) is 4.88. The minimum atomic E-state index is -0.704. The number of aliphatic hydroxyl groups is 1. The summed E-state index contributed by atoms with van der Waals surface area (Å²) in [5.41, 5.74) is 1.31. The summed E-state index contributed by atoms with van der Waals surface area (Å²) in [5, 5.41) is 10.8. The van der Waals surface area contributed by atoms with Gasteiger partial charge in [0.05, 0.1) is 5.60 Å². The first kappa shape index (κ1) is 15.5. The molecule has 1 aromatic rings. The van der Waals surface area contributed by atoms with Crippen LogP contribution < -0.4 is 0 Å². The Morgan fingerprint density at radius 3 is 2.30 bits per heavy atom. The van der Waals surface area contributed by atoms with E-state index in [-0.39, 0.29) is 5.82 Å². The van der Waals surface area contributed by atoms with Crippen LogP contribution in [0.2, 0.25) is 0 Å². The van der Waals surface area contributed by atoms with Gasteiger partial charge in [0.25, 0.3) is 0 Å². The molecule has 0 aromatic heterocycles. The predicted molar refractivity (Wildman–Crippen MR) is 78.1 cm³/mol. The normalized spacial score (nSPS) is 22.5. The molecule has 1 saturated carbocycles. The largest absolute Gasteiger partial charge is 0.385 e. The fourth-order valence-electron chi connectivity index (χ4n) is 3.17. The van der Waals surface area contributed by atoms with Gasteiger partial charge in [0.15, 0.2) is 0 Å². The van der Waals surface area contributed by atoms with Gasteiger partial charge in [-0.15, -0.1) is 0 Å². The summed E-state index contributed by atoms with van der Waals surface area (Å²) in [6.45, 7) is 6.34. The maximum atomic E-state index is 13.2. The van der Waals surface area contributed by atoms with Gasteiger partial charge >= 0.3 is 0 Å². The van der Waals surface area contributed by atoms with Crippen LogP contribution in [-0.2, 0) is 4.74 Å². The number of hydrogen-bond acceptors (Lipinski definition) is 2. The summed E-state index contributed by atoms with van der Waals surface area (Å²) in [4.78, 5) is 0. The van der Waals surface area contributed by atoms with Crippen molar-refractivity contribution < 1.29 is 14.2 Å². The van der Waals surface area contributed by atoms with Crippen molar-refractivity contribution in [3.63, 3.8) is 0 Å². The third-order valence-corrected chi connectivity index (χ3v) is 4.88. The van der Waals surface area contributed by atoms with Crippen molar-refractivity contribution in [1.82, 2.24) is 0 Å². The molecule has 2 rings (SSSR count). The van der Waals surface area contributed by atoms with Gasteiger partial charge in [-0.1, -0.05) is 19.9 Å². The van der Waals surface area contributed by atoms with Gasteiger partial charge in [0.1, 0.15) is 11.9 Å². The first-order chi connectivity index (χ1) is 9.30. The van der Waals surface area contributed by atoms with E-state index in [1.807, 2.05) is 6.92 Å². The van der Waals surface area contributed by atoms with Crippen molar-refractivity contribution in [2.75, 3.05) is 7.11 Å². The SMILES string of the molecule is COC1(C(O)c2ccc(F)cc2C)CCC(C)(C)CC1. The lowest BCUT2D eigenvalue weighted by atomic mass is 9.68. The Labute approximate surface area is 121 Å². The van der Waals surface area contributed by atoms with E-state index in [1.165, 1.54) is 12.1 Å². The Morgan fingerprint density at radius 1 is 1.20 bits per heavy atom. The highest BCUT2D eigenvalue weighted by Crippen LogP contribution is 2.47. The number of aryl methyl sites for hydroxylation is 1. The molecule has 0 amide bonds. The summed E-state index contributed by atoms with van der Waals surface area (Å²) >= 11 is 0. The van der Waals surface area contributed by atoms with Gasteiger partial charge in [-0.2, -0.15) is 0 Å². The Balaban J connectivity index is 2.27. The Morgan fingerprint density at radius 2 is 1.80 bits per heavy atom. The second-order valence-electron chi connectivity index (χ2n) is 6.84. The lowest BCUT2D eigenvalue weighted by Gasteiger charge is -2.45. The molecule has 1 N–H and O–H groups in total. The fourth-order valence-corrected chi connectivity index (χ4v) is 3.17. The van der Waals surface area contributed by atoms with E-state index in [9.17, 15) is 9.50 Å². The third kappa shape index (κ3) is 2.89. The van der Waals surface area contributed by atoms with Crippen molar-refractivity contribution in [3.8, 4) is 0 Å². The zero-order chi connectivity index (χ0) is 15.0. The zero-order valence-electron chi connectivity index (χ0n) is 12.9. The Bertz CT molecular complexity index is 472. The fraction of sp³-hybridized carbons (Fsp3) is 0.647. The predicted octanol–water partition coefficient (Wildman–Crippen LogP) is 4.15. The van der Waals surface area contributed by atoms with Crippen molar-refractivity contribution >= 4 is 0 Å². The van der Waals surface area contributed by atoms with E-state index in [1.54, 1.807) is 13.2 Å². The van der Waals surface area contributed by atoms with Crippen LogP contribution in [0.5, 0.6) is 0 Å². The lowest BCUT2D eigenvalue weighted by Crippen LogP contribution is -2.44. The number of aliphatic hydroxyl groups excluding tert-OH is 1. The number of ether oxygens (including phenoxy) is 1. The summed E-state index contributed by atoms with van der Waals surface area (Å²) in [6, 6.07) is 4.55. The van der Waals surface area contributed by atoms with Gasteiger partial charge in [-0.25, -0.2) is 4.39 Å². The van der Waals surface area contributed by atoms with E-state index in [0.29, 0.717) is 5.41 Å². The maximum absolute atomic E-state index is 13.2. The van der Waals surface area contributed by atoms with Gasteiger partial charge in [0, 0.05) is 7.11 Å². The van der Waals surface area contributed by atoms with Crippen molar-refractivity contribution in [2.45, 2.75) is 58.2 Å². The number of benzene rings is 1. The molecule has 0 spiro atoms. The summed E-state index contributed by atoms with van der Waals surface area (Å²) < 4.78 is 18.9. The highest BCUT2D eigenvalue weighted by Gasteiger charge is 2.44. The van der Waals surface area contributed by atoms with E-state index in [4.69, 9.17) is 4.74 Å². The van der Waals surface area contributed by atoms with E-state index >= 15 is 0 Å². The topological polar surface area (TPSA) is 29.5 Å². The van der Waals surface area contributed by atoms with E-state index < -0.39 is 11.7 Å². The molecule has 0 bridgehead atoms.